The second kappa shape index (κ2) is 8.06. The van der Waals surface area contributed by atoms with Gasteiger partial charge >= 0.3 is 5.97 Å². The monoisotopic (exact) mass is 428 g/mol. The zero-order valence-electron chi connectivity index (χ0n) is 19.9. The van der Waals surface area contributed by atoms with E-state index in [-0.39, 0.29) is 22.7 Å². The molecule has 0 amide bonds. The van der Waals surface area contributed by atoms with Crippen LogP contribution in [0.1, 0.15) is 79.6 Å². The third-order valence-electron chi connectivity index (χ3n) is 9.56. The molecule has 31 heavy (non-hydrogen) atoms. The van der Waals surface area contributed by atoms with E-state index < -0.39 is 12.0 Å². The van der Waals surface area contributed by atoms with Crippen molar-refractivity contribution < 1.29 is 14.4 Å². The van der Waals surface area contributed by atoms with Gasteiger partial charge in [-0.25, -0.2) is 10.3 Å². The lowest BCUT2D eigenvalue weighted by Crippen LogP contribution is -2.50. The third-order valence-corrected chi connectivity index (χ3v) is 9.56. The van der Waals surface area contributed by atoms with Crippen LogP contribution in [0, 0.1) is 40.4 Å². The van der Waals surface area contributed by atoms with E-state index in [2.05, 4.69) is 31.5 Å². The lowest BCUT2D eigenvalue weighted by molar-refractivity contribution is -0.152. The Morgan fingerprint density at radius 3 is 2.58 bits per heavy atom. The number of hydrogen-bond donors (Lipinski definition) is 2. The average Bonchev–Trinajstić information content (AvgIpc) is 3.08. The van der Waals surface area contributed by atoms with Crippen molar-refractivity contribution in [3.05, 3.63) is 23.4 Å². The van der Waals surface area contributed by atoms with E-state index in [9.17, 15) is 9.59 Å². The second-order valence-electron chi connectivity index (χ2n) is 11.4. The number of ketones is 1. The van der Waals surface area contributed by atoms with E-state index in [1.165, 1.54) is 31.3 Å². The van der Waals surface area contributed by atoms with Crippen LogP contribution in [0.5, 0.6) is 0 Å². The number of nitrogens with one attached hydrogen (secondary N) is 1. The van der Waals surface area contributed by atoms with Gasteiger partial charge in [-0.2, -0.15) is 0 Å². The van der Waals surface area contributed by atoms with E-state index in [1.807, 2.05) is 13.8 Å². The second-order valence-corrected chi connectivity index (χ2v) is 11.4. The lowest BCUT2D eigenvalue weighted by atomic mass is 9.47. The molecular weight excluding hydrogens is 388 g/mol. The molecule has 3 fully saturated rings. The largest absolute Gasteiger partial charge is 0.348 e. The first-order valence-corrected chi connectivity index (χ1v) is 12.2. The molecule has 4 aliphatic rings. The molecule has 0 aromatic carbocycles. The van der Waals surface area contributed by atoms with E-state index >= 15 is 0 Å². The van der Waals surface area contributed by atoms with Gasteiger partial charge in [0.15, 0.2) is 0 Å². The highest BCUT2D eigenvalue weighted by Crippen LogP contribution is 2.66. The first-order valence-electron chi connectivity index (χ1n) is 12.2. The molecule has 3 N–H and O–H groups in total. The summed E-state index contributed by atoms with van der Waals surface area (Å²) in [4.78, 5) is 29.7. The molecule has 4 rings (SSSR count). The summed E-state index contributed by atoms with van der Waals surface area (Å²) in [6.07, 6.45) is 12.3. The van der Waals surface area contributed by atoms with Crippen molar-refractivity contribution in [1.82, 2.24) is 5.48 Å². The van der Waals surface area contributed by atoms with E-state index in [0.29, 0.717) is 17.6 Å². The summed E-state index contributed by atoms with van der Waals surface area (Å²) >= 11 is 0. The summed E-state index contributed by atoms with van der Waals surface area (Å²) in [5.74, 6) is 2.36. The molecule has 3 saturated carbocycles. The molecule has 0 aromatic rings. The maximum atomic E-state index is 12.3. The fraction of sp³-hybridized carbons (Fsp3) is 0.769. The van der Waals surface area contributed by atoms with Crippen molar-refractivity contribution in [2.24, 2.45) is 46.2 Å². The number of hydrogen-bond acceptors (Lipinski definition) is 5. The van der Waals surface area contributed by atoms with Crippen molar-refractivity contribution in [1.29, 1.82) is 0 Å². The number of carbonyl (C=O) groups is 2. The Balaban J connectivity index is 1.46. The summed E-state index contributed by atoms with van der Waals surface area (Å²) in [5, 5.41) is 0. The maximum absolute atomic E-state index is 12.3. The van der Waals surface area contributed by atoms with Gasteiger partial charge in [-0.15, -0.1) is 0 Å². The van der Waals surface area contributed by atoms with Gasteiger partial charge in [0, 0.05) is 5.92 Å². The topological polar surface area (TPSA) is 81.4 Å². The van der Waals surface area contributed by atoms with Crippen molar-refractivity contribution in [3.63, 3.8) is 0 Å². The van der Waals surface area contributed by atoms with Crippen LogP contribution in [0.2, 0.25) is 0 Å². The zero-order chi connectivity index (χ0) is 22.6. The molecule has 7 atom stereocenters. The van der Waals surface area contributed by atoms with Gasteiger partial charge in [0.05, 0.1) is 5.70 Å². The zero-order valence-corrected chi connectivity index (χ0v) is 19.9. The van der Waals surface area contributed by atoms with Gasteiger partial charge in [0.2, 0.25) is 0 Å². The van der Waals surface area contributed by atoms with Crippen molar-refractivity contribution >= 4 is 11.8 Å². The van der Waals surface area contributed by atoms with Crippen LogP contribution in [0.3, 0.4) is 0 Å². The van der Waals surface area contributed by atoms with Gasteiger partial charge in [-0.1, -0.05) is 39.3 Å². The molecule has 0 heterocycles. The Morgan fingerprint density at radius 2 is 1.90 bits per heavy atom. The smallest absolute Gasteiger partial charge is 0.342 e. The van der Waals surface area contributed by atoms with E-state index in [1.54, 1.807) is 6.92 Å². The molecule has 5 heteroatoms. The standard InChI is InChI=1S/C26H40N2O3/c1-15(2)23(27)24(30)31-28-18-10-12-25(4)17(14-18)6-7-19-21-9-8-20(16(3)29)26(21,5)13-11-22(19)25/h10,14-15,19-23,28H,6-9,11-13,27H2,1-5H3/t19?,20-,21?,22?,23+,25+,26-/m1/s1. The van der Waals surface area contributed by atoms with Crippen LogP contribution in [0.25, 0.3) is 0 Å². The molecule has 4 aliphatic carbocycles. The number of hydroxylamine groups is 1. The third kappa shape index (κ3) is 3.67. The molecule has 0 spiro atoms. The summed E-state index contributed by atoms with van der Waals surface area (Å²) in [5.41, 5.74) is 11.5. The Labute approximate surface area is 187 Å². The fourth-order valence-electron chi connectivity index (χ4n) is 7.60. The predicted octanol–water partition coefficient (Wildman–Crippen LogP) is 4.68. The van der Waals surface area contributed by atoms with Crippen LogP contribution in [-0.4, -0.2) is 17.8 Å². The minimum atomic E-state index is -0.619. The maximum Gasteiger partial charge on any atom is 0.348 e. The van der Waals surface area contributed by atoms with Gasteiger partial charge < -0.3 is 10.6 Å². The van der Waals surface area contributed by atoms with Crippen LogP contribution in [0.15, 0.2) is 23.4 Å². The molecular formula is C26H40N2O3. The molecule has 0 aromatic heterocycles. The number of rotatable bonds is 5. The number of carbonyl (C=O) groups excluding carboxylic acids is 2. The van der Waals surface area contributed by atoms with Gasteiger partial charge in [-0.3, -0.25) is 4.79 Å². The van der Waals surface area contributed by atoms with Gasteiger partial charge in [0.1, 0.15) is 11.8 Å². The Kier molecular flexibility index (Phi) is 5.87. The highest BCUT2D eigenvalue weighted by molar-refractivity contribution is 5.79. The summed E-state index contributed by atoms with van der Waals surface area (Å²) < 4.78 is 0. The van der Waals surface area contributed by atoms with Gasteiger partial charge in [0.25, 0.3) is 0 Å². The SMILES string of the molecule is CC(=O)[C@H]1CCC2C3CCC4=CC(NOC(=O)[C@@H](N)C(C)C)=CC[C@]4(C)C3CC[C@@]21C. The van der Waals surface area contributed by atoms with Crippen molar-refractivity contribution in [3.8, 4) is 0 Å². The summed E-state index contributed by atoms with van der Waals surface area (Å²) in [6, 6.07) is -0.619. The number of nitrogens with two attached hydrogens (primary N) is 1. The van der Waals surface area contributed by atoms with Crippen LogP contribution < -0.4 is 11.2 Å². The lowest BCUT2D eigenvalue weighted by Gasteiger charge is -2.57. The molecule has 172 valence electrons. The first-order chi connectivity index (χ1) is 14.6. The van der Waals surface area contributed by atoms with Crippen molar-refractivity contribution in [2.45, 2.75) is 85.6 Å². The van der Waals surface area contributed by atoms with Crippen LogP contribution in [-0.2, 0) is 14.4 Å². The molecule has 0 bridgehead atoms. The molecule has 3 unspecified atom stereocenters. The van der Waals surface area contributed by atoms with E-state index in [4.69, 9.17) is 10.6 Å². The predicted molar refractivity (Wildman–Crippen MR) is 121 cm³/mol. The van der Waals surface area contributed by atoms with Gasteiger partial charge in [-0.05, 0) is 92.4 Å². The minimum Gasteiger partial charge on any atom is -0.342 e. The van der Waals surface area contributed by atoms with E-state index in [0.717, 1.165) is 30.9 Å². The normalized spacial score (nSPS) is 40.1. The molecule has 0 saturated heterocycles. The Morgan fingerprint density at radius 1 is 1.16 bits per heavy atom. The number of Topliss-reactive ketones (excluding diaryl/α,β-unsaturated/α-hetero) is 1. The van der Waals surface area contributed by atoms with Crippen LogP contribution >= 0.6 is 0 Å². The quantitative estimate of drug-likeness (QED) is 0.622. The molecule has 0 radical (unpaired) electrons. The van der Waals surface area contributed by atoms with Crippen molar-refractivity contribution in [2.75, 3.05) is 0 Å². The molecule has 0 aliphatic heterocycles. The first kappa shape index (κ1) is 22.6. The highest BCUT2D eigenvalue weighted by atomic mass is 16.7. The minimum absolute atomic E-state index is 0.0433. The highest BCUT2D eigenvalue weighted by Gasteiger charge is 2.59. The van der Waals surface area contributed by atoms with Crippen LogP contribution in [0.4, 0.5) is 0 Å². The number of allylic oxidation sites excluding steroid dienone is 3. The number of fused-ring (bicyclic) bond motifs is 5. The molecule has 5 nitrogen and oxygen atoms in total. The summed E-state index contributed by atoms with van der Waals surface area (Å²) in [6.45, 7) is 10.5. The summed E-state index contributed by atoms with van der Waals surface area (Å²) in [7, 11) is 0. The Hall–Kier alpha value is -1.62. The Bertz CT molecular complexity index is 815. The average molecular weight is 429 g/mol. The fourth-order valence-corrected chi connectivity index (χ4v) is 7.60.